The van der Waals surface area contributed by atoms with Crippen molar-refractivity contribution in [3.05, 3.63) is 94.2 Å². The highest BCUT2D eigenvalue weighted by Gasteiger charge is 2.37. The molecule has 7 heteroatoms. The molecule has 2 bridgehead atoms. The lowest BCUT2D eigenvalue weighted by atomic mass is 9.83. The molecule has 32 heavy (non-hydrogen) atoms. The van der Waals surface area contributed by atoms with Crippen LogP contribution in [0.15, 0.2) is 71.8 Å². The van der Waals surface area contributed by atoms with E-state index in [-0.39, 0.29) is 35.6 Å². The highest BCUT2D eigenvalue weighted by atomic mass is 16.2. The van der Waals surface area contributed by atoms with Crippen LogP contribution >= 0.6 is 0 Å². The van der Waals surface area contributed by atoms with Gasteiger partial charge in [-0.3, -0.25) is 19.4 Å². The third-order valence-corrected chi connectivity index (χ3v) is 6.28. The molecule has 0 spiro atoms. The lowest BCUT2D eigenvalue weighted by molar-refractivity contribution is -0.115. The van der Waals surface area contributed by atoms with E-state index in [2.05, 4.69) is 10.3 Å². The molecule has 2 amide bonds. The maximum atomic E-state index is 13.1. The van der Waals surface area contributed by atoms with Gasteiger partial charge in [0.15, 0.2) is 0 Å². The van der Waals surface area contributed by atoms with Gasteiger partial charge < -0.3 is 14.8 Å². The summed E-state index contributed by atoms with van der Waals surface area (Å²) in [6, 6.07) is 16.6. The fourth-order valence-corrected chi connectivity index (χ4v) is 4.85. The van der Waals surface area contributed by atoms with Crippen LogP contribution in [0.25, 0.3) is 0 Å². The normalized spacial score (nSPS) is 19.2. The minimum atomic E-state index is -0.210. The Morgan fingerprint density at radius 1 is 1.00 bits per heavy atom. The maximum Gasteiger partial charge on any atom is 0.274 e. The molecule has 162 valence electrons. The summed E-state index contributed by atoms with van der Waals surface area (Å²) in [5, 5.41) is 2.78. The standard InChI is InChI=1S/C25H24N4O3/c30-23(12-17-5-2-1-3-6-17)27-21-8-9-22-20-11-18(15-29(22)25(21)32)14-28(16-20)24(31)19-7-4-10-26-13-19/h1-10,13,18,20H,11-12,14-16H2,(H,27,30)/t18-,20-/m1/s1. The van der Waals surface area contributed by atoms with Crippen LogP contribution in [0.4, 0.5) is 5.69 Å². The van der Waals surface area contributed by atoms with Gasteiger partial charge in [-0.25, -0.2) is 0 Å². The molecule has 1 N–H and O–H groups in total. The van der Waals surface area contributed by atoms with Crippen molar-refractivity contribution < 1.29 is 9.59 Å². The summed E-state index contributed by atoms with van der Waals surface area (Å²) in [4.78, 5) is 44.4. The van der Waals surface area contributed by atoms with Crippen molar-refractivity contribution in [2.75, 3.05) is 18.4 Å². The van der Waals surface area contributed by atoms with Crippen molar-refractivity contribution >= 4 is 17.5 Å². The molecule has 1 fully saturated rings. The molecule has 0 saturated carbocycles. The van der Waals surface area contributed by atoms with Crippen molar-refractivity contribution in [1.82, 2.24) is 14.5 Å². The summed E-state index contributed by atoms with van der Waals surface area (Å²) >= 11 is 0. The molecular weight excluding hydrogens is 404 g/mol. The molecule has 0 radical (unpaired) electrons. The van der Waals surface area contributed by atoms with Crippen molar-refractivity contribution in [3.8, 4) is 0 Å². The van der Waals surface area contributed by atoms with Gasteiger partial charge in [-0.2, -0.15) is 0 Å². The minimum absolute atomic E-state index is 0.0200. The van der Waals surface area contributed by atoms with Crippen LogP contribution in [0.3, 0.4) is 0 Å². The third kappa shape index (κ3) is 3.93. The predicted octanol–water partition coefficient (Wildman–Crippen LogP) is 2.68. The lowest BCUT2D eigenvalue weighted by Gasteiger charge is -2.42. The number of carbonyl (C=O) groups is 2. The zero-order valence-corrected chi connectivity index (χ0v) is 17.6. The number of pyridine rings is 2. The van der Waals surface area contributed by atoms with Gasteiger partial charge in [-0.15, -0.1) is 0 Å². The molecule has 2 atom stereocenters. The van der Waals surface area contributed by atoms with E-state index < -0.39 is 0 Å². The number of nitrogens with zero attached hydrogens (tertiary/aromatic N) is 3. The van der Waals surface area contributed by atoms with Crippen LogP contribution in [0.1, 0.15) is 34.0 Å². The second kappa shape index (κ2) is 8.42. The first kappa shape index (κ1) is 20.2. The van der Waals surface area contributed by atoms with Crippen molar-refractivity contribution in [3.63, 3.8) is 0 Å². The number of benzene rings is 1. The quantitative estimate of drug-likeness (QED) is 0.693. The van der Waals surface area contributed by atoms with Gasteiger partial charge in [0, 0.05) is 43.6 Å². The topological polar surface area (TPSA) is 84.3 Å². The first-order chi connectivity index (χ1) is 15.6. The molecule has 2 aliphatic rings. The average Bonchev–Trinajstić information content (AvgIpc) is 2.82. The third-order valence-electron chi connectivity index (χ3n) is 6.28. The van der Waals surface area contributed by atoms with Gasteiger partial charge in [-0.1, -0.05) is 30.3 Å². The molecule has 2 aromatic heterocycles. The number of anilines is 1. The van der Waals surface area contributed by atoms with Gasteiger partial charge in [0.05, 0.1) is 12.0 Å². The zero-order valence-electron chi connectivity index (χ0n) is 17.6. The van der Waals surface area contributed by atoms with Crippen molar-refractivity contribution in [2.45, 2.75) is 25.3 Å². The Bertz CT molecular complexity index is 1210. The predicted molar refractivity (Wildman–Crippen MR) is 120 cm³/mol. The number of hydrogen-bond donors (Lipinski definition) is 1. The molecule has 0 aliphatic carbocycles. The van der Waals surface area contributed by atoms with E-state index in [1.165, 1.54) is 0 Å². The Hall–Kier alpha value is -3.74. The molecule has 0 unspecified atom stereocenters. The largest absolute Gasteiger partial charge is 0.338 e. The Morgan fingerprint density at radius 2 is 1.84 bits per heavy atom. The zero-order chi connectivity index (χ0) is 22.1. The highest BCUT2D eigenvalue weighted by molar-refractivity contribution is 5.94. The van der Waals surface area contributed by atoms with Gasteiger partial charge >= 0.3 is 0 Å². The Kier molecular flexibility index (Phi) is 5.31. The van der Waals surface area contributed by atoms with Crippen LogP contribution in [-0.4, -0.2) is 39.4 Å². The number of fused-ring (bicyclic) bond motifs is 4. The van der Waals surface area contributed by atoms with Crippen LogP contribution < -0.4 is 10.9 Å². The van der Waals surface area contributed by atoms with Crippen LogP contribution in [0, 0.1) is 5.92 Å². The number of hydrogen-bond acceptors (Lipinski definition) is 4. The minimum Gasteiger partial charge on any atom is -0.338 e. The smallest absolute Gasteiger partial charge is 0.274 e. The summed E-state index contributed by atoms with van der Waals surface area (Å²) in [5.41, 5.74) is 2.54. The summed E-state index contributed by atoms with van der Waals surface area (Å²) in [7, 11) is 0. The number of nitrogens with one attached hydrogen (secondary N) is 1. The molecule has 2 aliphatic heterocycles. The van der Waals surface area contributed by atoms with Crippen molar-refractivity contribution in [1.29, 1.82) is 0 Å². The SMILES string of the molecule is O=C(Cc1ccccc1)Nc1ccc2n(c1=O)C[C@@H]1C[C@@H]2CN(C(=O)c2cccnc2)C1. The first-order valence-corrected chi connectivity index (χ1v) is 10.9. The van der Waals surface area contributed by atoms with Crippen LogP contribution in [0.2, 0.25) is 0 Å². The monoisotopic (exact) mass is 428 g/mol. The molecule has 3 aromatic rings. The van der Waals surface area contributed by atoms with Crippen LogP contribution in [-0.2, 0) is 17.8 Å². The van der Waals surface area contributed by atoms with E-state index in [1.807, 2.05) is 41.3 Å². The first-order valence-electron chi connectivity index (χ1n) is 10.9. The number of carbonyl (C=O) groups excluding carboxylic acids is 2. The van der Waals surface area contributed by atoms with Crippen LogP contribution in [0.5, 0.6) is 0 Å². The molecule has 5 rings (SSSR count). The summed E-state index contributed by atoms with van der Waals surface area (Å²) < 4.78 is 1.78. The molecule has 4 heterocycles. The summed E-state index contributed by atoms with van der Waals surface area (Å²) in [5.74, 6) is 0.0752. The van der Waals surface area contributed by atoms with Gasteiger partial charge in [0.2, 0.25) is 5.91 Å². The van der Waals surface area contributed by atoms with Gasteiger partial charge in [-0.05, 0) is 42.2 Å². The van der Waals surface area contributed by atoms with Gasteiger partial charge in [0.25, 0.3) is 11.5 Å². The van der Waals surface area contributed by atoms with E-state index in [0.29, 0.717) is 30.9 Å². The number of amides is 2. The maximum absolute atomic E-state index is 13.1. The Labute approximate surface area is 185 Å². The second-order valence-electron chi connectivity index (χ2n) is 8.55. The van der Waals surface area contributed by atoms with Crippen molar-refractivity contribution in [2.24, 2.45) is 5.92 Å². The Morgan fingerprint density at radius 3 is 2.62 bits per heavy atom. The van der Waals surface area contributed by atoms with E-state index >= 15 is 0 Å². The molecule has 1 saturated heterocycles. The number of likely N-dealkylation sites (tertiary alicyclic amines) is 1. The van der Waals surface area contributed by atoms with E-state index in [1.54, 1.807) is 35.2 Å². The summed E-state index contributed by atoms with van der Waals surface area (Å²) in [6.45, 7) is 1.73. The number of aromatic nitrogens is 2. The molecule has 7 nitrogen and oxygen atoms in total. The fourth-order valence-electron chi connectivity index (χ4n) is 4.85. The lowest BCUT2D eigenvalue weighted by Crippen LogP contribution is -2.49. The average molecular weight is 428 g/mol. The second-order valence-corrected chi connectivity index (χ2v) is 8.55. The van der Waals surface area contributed by atoms with E-state index in [0.717, 1.165) is 17.7 Å². The number of piperidine rings is 1. The van der Waals surface area contributed by atoms with E-state index in [9.17, 15) is 14.4 Å². The van der Waals surface area contributed by atoms with Gasteiger partial charge in [0.1, 0.15) is 5.69 Å². The summed E-state index contributed by atoms with van der Waals surface area (Å²) in [6.07, 6.45) is 4.42. The molecule has 1 aromatic carbocycles. The fraction of sp³-hybridized carbons (Fsp3) is 0.280. The van der Waals surface area contributed by atoms with E-state index in [4.69, 9.17) is 0 Å². The Balaban J connectivity index is 1.34. The number of rotatable bonds is 4. The highest BCUT2D eigenvalue weighted by Crippen LogP contribution is 2.36. The molecular formula is C25H24N4O3.